The number of rotatable bonds is 3. The molecule has 1 amide bonds. The van der Waals surface area contributed by atoms with E-state index in [1.54, 1.807) is 0 Å². The van der Waals surface area contributed by atoms with Crippen LogP contribution in [0.5, 0.6) is 0 Å². The summed E-state index contributed by atoms with van der Waals surface area (Å²) in [6.07, 6.45) is 4.49. The van der Waals surface area contributed by atoms with E-state index >= 15 is 0 Å². The number of hydrogen-bond donors (Lipinski definition) is 2. The van der Waals surface area contributed by atoms with E-state index in [2.05, 4.69) is 10.3 Å². The summed E-state index contributed by atoms with van der Waals surface area (Å²) in [6.45, 7) is 0. The van der Waals surface area contributed by atoms with E-state index in [1.807, 2.05) is 0 Å². The zero-order valence-electron chi connectivity index (χ0n) is 10.2. The van der Waals surface area contributed by atoms with Gasteiger partial charge in [0.2, 0.25) is 0 Å². The van der Waals surface area contributed by atoms with Gasteiger partial charge in [-0.3, -0.25) is 9.78 Å². The average Bonchev–Trinajstić information content (AvgIpc) is 3.01. The fourth-order valence-corrected chi connectivity index (χ4v) is 2.69. The lowest BCUT2D eigenvalue weighted by atomic mass is 9.95. The van der Waals surface area contributed by atoms with Crippen molar-refractivity contribution in [1.29, 1.82) is 0 Å². The molecule has 2 N–H and O–H groups in total. The molecule has 0 radical (unpaired) electrons. The van der Waals surface area contributed by atoms with Crippen molar-refractivity contribution in [3.63, 3.8) is 0 Å². The van der Waals surface area contributed by atoms with Gasteiger partial charge in [-0.05, 0) is 31.4 Å². The maximum atomic E-state index is 12.0. The van der Waals surface area contributed by atoms with Crippen LogP contribution in [0.4, 0.5) is 0 Å². The summed E-state index contributed by atoms with van der Waals surface area (Å²) in [4.78, 5) is 26.5. The van der Waals surface area contributed by atoms with Crippen molar-refractivity contribution in [2.75, 3.05) is 0 Å². The fraction of sp³-hybridized carbons (Fsp3) is 0.462. The van der Waals surface area contributed by atoms with Crippen LogP contribution in [0.1, 0.15) is 40.1 Å². The molecule has 3 atom stereocenters. The molecule has 0 aromatic carbocycles. The molecule has 3 rings (SSSR count). The van der Waals surface area contributed by atoms with Crippen LogP contribution >= 0.6 is 0 Å². The van der Waals surface area contributed by atoms with E-state index in [-0.39, 0.29) is 35.4 Å². The lowest BCUT2D eigenvalue weighted by molar-refractivity contribution is 0.0695. The van der Waals surface area contributed by atoms with Crippen LogP contribution in [-0.2, 0) is 4.74 Å². The summed E-state index contributed by atoms with van der Waals surface area (Å²) < 4.78 is 5.66. The van der Waals surface area contributed by atoms with Gasteiger partial charge in [0, 0.05) is 6.20 Å². The maximum absolute atomic E-state index is 12.0. The van der Waals surface area contributed by atoms with Crippen LogP contribution in [-0.4, -0.2) is 40.2 Å². The Morgan fingerprint density at radius 2 is 2.21 bits per heavy atom. The van der Waals surface area contributed by atoms with Crippen molar-refractivity contribution in [2.45, 2.75) is 37.5 Å². The first-order valence-corrected chi connectivity index (χ1v) is 6.29. The SMILES string of the molecule is O=C(O)c1ccc(C(=O)NC2CC3CCC2O3)nc1. The van der Waals surface area contributed by atoms with Crippen molar-refractivity contribution < 1.29 is 19.4 Å². The minimum atomic E-state index is -1.05. The van der Waals surface area contributed by atoms with Gasteiger partial charge in [-0.2, -0.15) is 0 Å². The largest absolute Gasteiger partial charge is 0.478 e. The number of pyridine rings is 1. The van der Waals surface area contributed by atoms with E-state index in [0.29, 0.717) is 0 Å². The first-order valence-electron chi connectivity index (χ1n) is 6.29. The van der Waals surface area contributed by atoms with Gasteiger partial charge < -0.3 is 15.2 Å². The Morgan fingerprint density at radius 3 is 2.74 bits per heavy atom. The first kappa shape index (κ1) is 12.1. The number of nitrogens with zero attached hydrogens (tertiary/aromatic N) is 1. The molecule has 3 heterocycles. The molecule has 2 saturated heterocycles. The van der Waals surface area contributed by atoms with Crippen LogP contribution in [0.3, 0.4) is 0 Å². The Bertz CT molecular complexity index is 514. The fourth-order valence-electron chi connectivity index (χ4n) is 2.69. The molecule has 2 bridgehead atoms. The number of carbonyl (C=O) groups is 2. The highest BCUT2D eigenvalue weighted by Crippen LogP contribution is 2.34. The maximum Gasteiger partial charge on any atom is 0.337 e. The Balaban J connectivity index is 1.65. The van der Waals surface area contributed by atoms with E-state index in [0.717, 1.165) is 19.3 Å². The van der Waals surface area contributed by atoms with Crippen molar-refractivity contribution >= 4 is 11.9 Å². The van der Waals surface area contributed by atoms with Gasteiger partial charge in [-0.25, -0.2) is 4.79 Å². The van der Waals surface area contributed by atoms with Gasteiger partial charge in [0.1, 0.15) is 5.69 Å². The summed E-state index contributed by atoms with van der Waals surface area (Å²) in [5.74, 6) is -1.33. The first-order chi connectivity index (χ1) is 9.13. The standard InChI is InChI=1S/C13H14N2O4/c16-12(9-3-1-7(6-14-9)13(17)18)15-10-5-8-2-4-11(10)19-8/h1,3,6,8,10-11H,2,4-5H2,(H,15,16)(H,17,18). The van der Waals surface area contributed by atoms with E-state index < -0.39 is 5.97 Å². The molecule has 6 nitrogen and oxygen atoms in total. The second kappa shape index (κ2) is 4.62. The molecule has 0 aliphatic carbocycles. The predicted octanol–water partition coefficient (Wildman–Crippen LogP) is 0.829. The van der Waals surface area contributed by atoms with Gasteiger partial charge in [0.25, 0.3) is 5.91 Å². The summed E-state index contributed by atoms with van der Waals surface area (Å²) in [7, 11) is 0. The van der Waals surface area contributed by atoms with Gasteiger partial charge >= 0.3 is 5.97 Å². The van der Waals surface area contributed by atoms with E-state index in [4.69, 9.17) is 9.84 Å². The molecule has 100 valence electrons. The summed E-state index contributed by atoms with van der Waals surface area (Å²) >= 11 is 0. The monoisotopic (exact) mass is 262 g/mol. The molecule has 3 unspecified atom stereocenters. The second-order valence-corrected chi connectivity index (χ2v) is 4.93. The smallest absolute Gasteiger partial charge is 0.337 e. The number of carboxylic acid groups (broad SMARTS) is 1. The number of ether oxygens (including phenoxy) is 1. The van der Waals surface area contributed by atoms with E-state index in [9.17, 15) is 9.59 Å². The van der Waals surface area contributed by atoms with Crippen LogP contribution < -0.4 is 5.32 Å². The van der Waals surface area contributed by atoms with E-state index in [1.165, 1.54) is 18.3 Å². The number of carbonyl (C=O) groups excluding carboxylic acids is 1. The second-order valence-electron chi connectivity index (χ2n) is 4.93. The third-order valence-electron chi connectivity index (χ3n) is 3.67. The summed E-state index contributed by atoms with van der Waals surface area (Å²) in [6, 6.07) is 2.85. The average molecular weight is 262 g/mol. The predicted molar refractivity (Wildman–Crippen MR) is 65.0 cm³/mol. The Kier molecular flexibility index (Phi) is 2.94. The minimum Gasteiger partial charge on any atom is -0.478 e. The van der Waals surface area contributed by atoms with Crippen molar-refractivity contribution in [3.05, 3.63) is 29.6 Å². The molecule has 1 aromatic heterocycles. The van der Waals surface area contributed by atoms with Gasteiger partial charge in [-0.15, -0.1) is 0 Å². The number of aromatic nitrogens is 1. The van der Waals surface area contributed by atoms with Crippen LogP contribution in [0.2, 0.25) is 0 Å². The Hall–Kier alpha value is -1.95. The minimum absolute atomic E-state index is 0.0483. The van der Waals surface area contributed by atoms with Gasteiger partial charge in [0.15, 0.2) is 0 Å². The Labute approximate surface area is 109 Å². The normalized spacial score (nSPS) is 28.3. The third kappa shape index (κ3) is 2.31. The summed E-state index contributed by atoms with van der Waals surface area (Å²) in [5, 5.41) is 11.7. The van der Waals surface area contributed by atoms with Crippen molar-refractivity contribution in [3.8, 4) is 0 Å². The molecule has 2 fully saturated rings. The molecule has 0 saturated carbocycles. The number of carboxylic acids is 1. The number of fused-ring (bicyclic) bond motifs is 2. The summed E-state index contributed by atoms with van der Waals surface area (Å²) in [5.41, 5.74) is 0.299. The molecular formula is C13H14N2O4. The number of aromatic carboxylic acids is 1. The molecule has 0 spiro atoms. The van der Waals surface area contributed by atoms with Crippen LogP contribution in [0.15, 0.2) is 18.3 Å². The van der Waals surface area contributed by atoms with Crippen molar-refractivity contribution in [2.24, 2.45) is 0 Å². The molecule has 19 heavy (non-hydrogen) atoms. The zero-order valence-corrected chi connectivity index (χ0v) is 10.2. The zero-order chi connectivity index (χ0) is 13.4. The highest BCUT2D eigenvalue weighted by Gasteiger charge is 2.41. The third-order valence-corrected chi connectivity index (χ3v) is 3.67. The highest BCUT2D eigenvalue weighted by atomic mass is 16.5. The molecule has 1 aromatic rings. The number of amides is 1. The van der Waals surface area contributed by atoms with Crippen molar-refractivity contribution in [1.82, 2.24) is 10.3 Å². The van der Waals surface area contributed by atoms with Crippen LogP contribution in [0, 0.1) is 0 Å². The number of hydrogen-bond acceptors (Lipinski definition) is 4. The lowest BCUT2D eigenvalue weighted by Gasteiger charge is -2.19. The lowest BCUT2D eigenvalue weighted by Crippen LogP contribution is -2.41. The molecule has 2 aliphatic heterocycles. The molecular weight excluding hydrogens is 248 g/mol. The number of nitrogens with one attached hydrogen (secondary N) is 1. The van der Waals surface area contributed by atoms with Gasteiger partial charge in [-0.1, -0.05) is 0 Å². The molecule has 2 aliphatic rings. The molecule has 6 heteroatoms. The Morgan fingerprint density at radius 1 is 1.37 bits per heavy atom. The topological polar surface area (TPSA) is 88.5 Å². The quantitative estimate of drug-likeness (QED) is 0.842. The highest BCUT2D eigenvalue weighted by molar-refractivity contribution is 5.94. The van der Waals surface area contributed by atoms with Gasteiger partial charge in [0.05, 0.1) is 23.8 Å². The van der Waals surface area contributed by atoms with Crippen LogP contribution in [0.25, 0.3) is 0 Å².